The van der Waals surface area contributed by atoms with Gasteiger partial charge in [0.05, 0.1) is 18.3 Å². The first-order valence-electron chi connectivity index (χ1n) is 10.1. The molecule has 6 unspecified atom stereocenters. The third kappa shape index (κ3) is 5.04. The van der Waals surface area contributed by atoms with Crippen LogP contribution in [-0.2, 0) is 14.3 Å². The fourth-order valence-electron chi connectivity index (χ4n) is 4.31. The number of carbonyl (C=O) groups is 2. The van der Waals surface area contributed by atoms with E-state index in [0.717, 1.165) is 0 Å². The number of ether oxygens (including phenoxy) is 1. The normalized spacial score (nSPS) is 28.4. The molecule has 1 rings (SSSR count). The number of ketones is 2. The fourth-order valence-corrected chi connectivity index (χ4v) is 4.31. The zero-order valence-corrected chi connectivity index (χ0v) is 17.6. The second-order valence-corrected chi connectivity index (χ2v) is 8.18. The fraction of sp³-hybridized carbons (Fsp3) is 0.818. The van der Waals surface area contributed by atoms with Crippen LogP contribution in [0.15, 0.2) is 12.2 Å². The summed E-state index contributed by atoms with van der Waals surface area (Å²) < 4.78 is 6.05. The summed E-state index contributed by atoms with van der Waals surface area (Å²) >= 11 is 0. The summed E-state index contributed by atoms with van der Waals surface area (Å²) in [6.45, 7) is 13.9. The van der Waals surface area contributed by atoms with Gasteiger partial charge in [0.1, 0.15) is 11.6 Å². The molecule has 0 bridgehead atoms. The molecular weight excluding hydrogens is 328 g/mol. The van der Waals surface area contributed by atoms with E-state index in [0.29, 0.717) is 25.2 Å². The Morgan fingerprint density at radius 3 is 2.27 bits per heavy atom. The zero-order valence-electron chi connectivity index (χ0n) is 17.6. The summed E-state index contributed by atoms with van der Waals surface area (Å²) in [5.41, 5.74) is -0.308. The van der Waals surface area contributed by atoms with Crippen molar-refractivity contribution < 1.29 is 19.4 Å². The lowest BCUT2D eigenvalue weighted by molar-refractivity contribution is -0.133. The molecule has 0 spiro atoms. The molecule has 1 fully saturated rings. The molecular formula is C22H38O4. The highest BCUT2D eigenvalue weighted by Crippen LogP contribution is 2.50. The Hall–Kier alpha value is -1.00. The number of aliphatic hydroxyl groups is 1. The summed E-state index contributed by atoms with van der Waals surface area (Å²) in [5, 5.41) is 9.83. The number of allylic oxidation sites excluding steroid dienone is 1. The number of hydrogen-bond donors (Lipinski definition) is 1. The van der Waals surface area contributed by atoms with Crippen LogP contribution in [0.5, 0.6) is 0 Å². The maximum absolute atomic E-state index is 13.2. The average Bonchev–Trinajstić information content (AvgIpc) is 3.29. The van der Waals surface area contributed by atoms with Gasteiger partial charge in [0, 0.05) is 30.6 Å². The minimum atomic E-state index is -0.480. The van der Waals surface area contributed by atoms with Crippen molar-refractivity contribution >= 4 is 11.6 Å². The lowest BCUT2D eigenvalue weighted by atomic mass is 9.71. The first-order valence-corrected chi connectivity index (χ1v) is 10.1. The zero-order chi connectivity index (χ0) is 20.1. The molecule has 1 heterocycles. The quantitative estimate of drug-likeness (QED) is 0.415. The van der Waals surface area contributed by atoms with Gasteiger partial charge < -0.3 is 9.84 Å². The summed E-state index contributed by atoms with van der Waals surface area (Å²) in [6.07, 6.45) is 5.85. The Labute approximate surface area is 159 Å². The maximum atomic E-state index is 13.2. The second kappa shape index (κ2) is 9.80. The van der Waals surface area contributed by atoms with Gasteiger partial charge in [-0.25, -0.2) is 0 Å². The van der Waals surface area contributed by atoms with Crippen LogP contribution >= 0.6 is 0 Å². The van der Waals surface area contributed by atoms with Crippen molar-refractivity contribution in [1.82, 2.24) is 0 Å². The predicted molar refractivity (Wildman–Crippen MR) is 105 cm³/mol. The van der Waals surface area contributed by atoms with E-state index in [1.165, 1.54) is 0 Å². The summed E-state index contributed by atoms with van der Waals surface area (Å²) in [4.78, 5) is 25.0. The Morgan fingerprint density at radius 2 is 1.81 bits per heavy atom. The van der Waals surface area contributed by atoms with E-state index >= 15 is 0 Å². The van der Waals surface area contributed by atoms with Gasteiger partial charge in [0.25, 0.3) is 0 Å². The minimum absolute atomic E-state index is 0.0702. The Morgan fingerprint density at radius 1 is 1.19 bits per heavy atom. The molecule has 1 N–H and O–H groups in total. The molecule has 0 amide bonds. The number of aliphatic hydroxyl groups excluding tert-OH is 1. The van der Waals surface area contributed by atoms with Gasteiger partial charge in [-0.1, -0.05) is 46.8 Å². The standard InChI is InChI=1S/C22H38O4/c1-8-11-14(4)21-22(7,26-21)16(6)18(10-3)20(25)19(13-23)15(5)12-17(24)9-2/h8,11,14-16,18-19,21,23H,9-10,12-13H2,1-7H3/b11-8-/t14?,15?,16?,18-,19?,21?,22?/m1/s1. The van der Waals surface area contributed by atoms with Gasteiger partial charge in [-0.3, -0.25) is 9.59 Å². The molecule has 1 aliphatic heterocycles. The highest BCUT2D eigenvalue weighted by molar-refractivity contribution is 5.85. The molecule has 1 saturated heterocycles. The third-order valence-electron chi connectivity index (χ3n) is 6.37. The average molecular weight is 367 g/mol. The van der Waals surface area contributed by atoms with Crippen LogP contribution in [0.2, 0.25) is 0 Å². The Bertz CT molecular complexity index is 512. The highest BCUT2D eigenvalue weighted by atomic mass is 16.6. The van der Waals surface area contributed by atoms with Crippen LogP contribution in [0.3, 0.4) is 0 Å². The maximum Gasteiger partial charge on any atom is 0.141 e. The minimum Gasteiger partial charge on any atom is -0.396 e. The monoisotopic (exact) mass is 366 g/mol. The van der Waals surface area contributed by atoms with E-state index in [-0.39, 0.29) is 47.6 Å². The summed E-state index contributed by atoms with van der Waals surface area (Å²) in [6, 6.07) is 0. The topological polar surface area (TPSA) is 66.9 Å². The van der Waals surface area contributed by atoms with E-state index in [2.05, 4.69) is 26.8 Å². The molecule has 0 aliphatic carbocycles. The van der Waals surface area contributed by atoms with Crippen molar-refractivity contribution in [3.05, 3.63) is 12.2 Å². The van der Waals surface area contributed by atoms with Crippen molar-refractivity contribution in [3.8, 4) is 0 Å². The molecule has 1 aliphatic rings. The van der Waals surface area contributed by atoms with Gasteiger partial charge in [-0.15, -0.1) is 0 Å². The largest absolute Gasteiger partial charge is 0.396 e. The molecule has 7 atom stereocenters. The SMILES string of the molecule is C/C=C\C(C)C1OC1(C)C(C)[C@@H](CC)C(=O)C(CO)C(C)CC(=O)CC. The molecule has 150 valence electrons. The molecule has 4 nitrogen and oxygen atoms in total. The summed E-state index contributed by atoms with van der Waals surface area (Å²) in [7, 11) is 0. The molecule has 0 saturated carbocycles. The van der Waals surface area contributed by atoms with Crippen molar-refractivity contribution in [2.24, 2.45) is 29.6 Å². The van der Waals surface area contributed by atoms with Crippen molar-refractivity contribution in [1.29, 1.82) is 0 Å². The Balaban J connectivity index is 2.88. The summed E-state index contributed by atoms with van der Waals surface area (Å²) in [5.74, 6) is -0.177. The second-order valence-electron chi connectivity index (χ2n) is 8.18. The van der Waals surface area contributed by atoms with Crippen LogP contribution in [0.1, 0.15) is 67.7 Å². The lowest BCUT2D eigenvalue weighted by Crippen LogP contribution is -2.39. The van der Waals surface area contributed by atoms with Gasteiger partial charge in [-0.2, -0.15) is 0 Å². The van der Waals surface area contributed by atoms with E-state index in [1.807, 2.05) is 33.8 Å². The Kier molecular flexibility index (Phi) is 8.68. The molecule has 0 radical (unpaired) electrons. The van der Waals surface area contributed by atoms with Crippen LogP contribution < -0.4 is 0 Å². The van der Waals surface area contributed by atoms with Crippen molar-refractivity contribution in [2.45, 2.75) is 79.4 Å². The van der Waals surface area contributed by atoms with Gasteiger partial charge >= 0.3 is 0 Å². The third-order valence-corrected chi connectivity index (χ3v) is 6.37. The van der Waals surface area contributed by atoms with E-state index < -0.39 is 5.92 Å². The van der Waals surface area contributed by atoms with Gasteiger partial charge in [0.2, 0.25) is 0 Å². The number of rotatable bonds is 12. The molecule has 4 heteroatoms. The van der Waals surface area contributed by atoms with Gasteiger partial charge in [0.15, 0.2) is 0 Å². The first-order chi connectivity index (χ1) is 12.2. The van der Waals surface area contributed by atoms with Crippen molar-refractivity contribution in [3.63, 3.8) is 0 Å². The van der Waals surface area contributed by atoms with E-state index in [4.69, 9.17) is 4.74 Å². The first kappa shape index (κ1) is 23.0. The number of hydrogen-bond acceptors (Lipinski definition) is 4. The predicted octanol–water partition coefficient (Wildman–Crippen LogP) is 4.20. The van der Waals surface area contributed by atoms with Gasteiger partial charge in [-0.05, 0) is 32.1 Å². The molecule has 26 heavy (non-hydrogen) atoms. The van der Waals surface area contributed by atoms with E-state index in [9.17, 15) is 14.7 Å². The highest BCUT2D eigenvalue weighted by Gasteiger charge is 2.59. The lowest BCUT2D eigenvalue weighted by Gasteiger charge is -2.31. The van der Waals surface area contributed by atoms with Crippen LogP contribution in [0.4, 0.5) is 0 Å². The van der Waals surface area contributed by atoms with Crippen molar-refractivity contribution in [2.75, 3.05) is 6.61 Å². The number of carbonyl (C=O) groups excluding carboxylic acids is 2. The van der Waals surface area contributed by atoms with Crippen LogP contribution in [0, 0.1) is 29.6 Å². The van der Waals surface area contributed by atoms with Crippen LogP contribution in [0.25, 0.3) is 0 Å². The smallest absolute Gasteiger partial charge is 0.141 e. The number of epoxide rings is 1. The number of Topliss-reactive ketones (excluding diaryl/α,β-unsaturated/α-hetero) is 2. The molecule has 0 aromatic carbocycles. The molecule has 0 aromatic rings. The van der Waals surface area contributed by atoms with Crippen LogP contribution in [-0.4, -0.2) is 35.0 Å². The van der Waals surface area contributed by atoms with E-state index in [1.54, 1.807) is 0 Å². The molecule has 0 aromatic heterocycles.